The number of phosphoric acid groups is 1. The molecule has 0 spiro atoms. The highest BCUT2D eigenvalue weighted by molar-refractivity contribution is 7.47. The molecule has 2 saturated heterocycles. The number of nitrogens with one attached hydrogen (secondary N) is 1. The molecule has 10 N–H and O–H groups in total. The number of aromatic nitrogens is 8. The van der Waals surface area contributed by atoms with Crippen LogP contribution in [0.15, 0.2) is 23.8 Å². The van der Waals surface area contributed by atoms with Gasteiger partial charge in [-0.2, -0.15) is 4.98 Å². The highest BCUT2D eigenvalue weighted by atomic mass is 31.2. The number of nitrogen functional groups attached to an aromatic ring is 2. The standard InChI is InChI=1S/C21H28N10O13P2/c22-15-9-16(25-3-24-15)30(4-26-9)20-14(11(33)7(1-32)42-20)44-46(38,39)41-2-8-12(34)13(40-6-45(36)37)19(43-8)31-5-27-10-17(31)28-21(23)29-18(10)35/h3-5,7-8,11-14,19-20,32-34,45H,1-2,6H2,(H,36,37)(H,38,39)(H2,22,24,25)(H3,23,28,29,35)/t7-,8-,11?,12?,13?,14?,19-,20-/m1/s1. The zero-order chi connectivity index (χ0) is 32.9. The number of aliphatic hydroxyl groups is 3. The second-order valence-corrected chi connectivity index (χ2v) is 12.6. The van der Waals surface area contributed by atoms with Gasteiger partial charge >= 0.3 is 7.82 Å². The van der Waals surface area contributed by atoms with Crippen LogP contribution in [-0.4, -0.2) is 120 Å². The maximum atomic E-state index is 13.2. The largest absolute Gasteiger partial charge is 0.472 e. The number of hydrogen-bond donors (Lipinski definition) is 8. The minimum Gasteiger partial charge on any atom is -0.394 e. The molecule has 6 unspecified atom stereocenters. The Bertz CT molecular complexity index is 1870. The molecule has 4 aromatic rings. The SMILES string of the molecule is Nc1nc2c(ncn2[C@@H]2O[C@H](COP(=O)(O)OC3C(O)[C@@H](CO)O[C@H]3n3cnc4c(N)ncnc43)C(O)C2OC[PH](=O)O)c(=O)[nH]1. The van der Waals surface area contributed by atoms with Crippen molar-refractivity contribution in [1.82, 2.24) is 39.0 Å². The molecule has 0 bridgehead atoms. The van der Waals surface area contributed by atoms with Gasteiger partial charge in [0.05, 0.1) is 25.9 Å². The summed E-state index contributed by atoms with van der Waals surface area (Å²) in [6, 6.07) is 0. The van der Waals surface area contributed by atoms with Gasteiger partial charge in [-0.1, -0.05) is 0 Å². The molecule has 0 aliphatic carbocycles. The van der Waals surface area contributed by atoms with E-state index in [-0.39, 0.29) is 34.1 Å². The lowest BCUT2D eigenvalue weighted by Crippen LogP contribution is -2.36. The second kappa shape index (κ2) is 12.6. The van der Waals surface area contributed by atoms with Crippen molar-refractivity contribution in [2.24, 2.45) is 0 Å². The van der Waals surface area contributed by atoms with Crippen LogP contribution in [0.25, 0.3) is 22.3 Å². The summed E-state index contributed by atoms with van der Waals surface area (Å²) in [5.74, 6) is -0.222. The number of aromatic amines is 1. The zero-order valence-electron chi connectivity index (χ0n) is 23.2. The minimum absolute atomic E-state index is 0.0339. The van der Waals surface area contributed by atoms with Crippen LogP contribution in [0.3, 0.4) is 0 Å². The predicted molar refractivity (Wildman–Crippen MR) is 151 cm³/mol. The van der Waals surface area contributed by atoms with Crippen LogP contribution in [0.2, 0.25) is 0 Å². The molecule has 4 aromatic heterocycles. The average molecular weight is 690 g/mol. The third-order valence-corrected chi connectivity index (χ3v) is 8.65. The maximum Gasteiger partial charge on any atom is 0.472 e. The van der Waals surface area contributed by atoms with E-state index in [4.69, 9.17) is 34.7 Å². The number of nitrogens with two attached hydrogens (primary N) is 2. The van der Waals surface area contributed by atoms with Crippen molar-refractivity contribution in [2.45, 2.75) is 49.1 Å². The van der Waals surface area contributed by atoms with Crippen molar-refractivity contribution >= 4 is 49.9 Å². The van der Waals surface area contributed by atoms with E-state index >= 15 is 0 Å². The number of phosphoric ester groups is 1. The lowest BCUT2D eigenvalue weighted by atomic mass is 10.1. The molecule has 2 fully saturated rings. The van der Waals surface area contributed by atoms with E-state index < -0.39 is 90.1 Å². The first-order chi connectivity index (χ1) is 21.9. The van der Waals surface area contributed by atoms with Gasteiger partial charge in [-0.25, -0.2) is 24.5 Å². The number of aliphatic hydroxyl groups excluding tert-OH is 3. The Kier molecular flexibility index (Phi) is 8.93. The van der Waals surface area contributed by atoms with E-state index in [1.165, 1.54) is 15.5 Å². The van der Waals surface area contributed by atoms with Gasteiger partial charge in [-0.3, -0.25) is 32.5 Å². The molecule has 0 saturated carbocycles. The maximum absolute atomic E-state index is 13.2. The Hall–Kier alpha value is -3.44. The van der Waals surface area contributed by atoms with E-state index in [2.05, 4.69) is 29.9 Å². The van der Waals surface area contributed by atoms with Gasteiger partial charge in [0.1, 0.15) is 54.8 Å². The monoisotopic (exact) mass is 690 g/mol. The fraction of sp³-hybridized carbons (Fsp3) is 0.524. The number of imidazole rings is 2. The summed E-state index contributed by atoms with van der Waals surface area (Å²) >= 11 is 0. The molecule has 250 valence electrons. The second-order valence-electron chi connectivity index (χ2n) is 10.2. The fourth-order valence-electron chi connectivity index (χ4n) is 5.17. The zero-order valence-corrected chi connectivity index (χ0v) is 25.1. The van der Waals surface area contributed by atoms with Crippen molar-refractivity contribution < 1.29 is 57.5 Å². The Labute approximate surface area is 256 Å². The van der Waals surface area contributed by atoms with E-state index in [0.717, 1.165) is 12.7 Å². The first kappa shape index (κ1) is 32.5. The van der Waals surface area contributed by atoms with Crippen molar-refractivity contribution in [3.63, 3.8) is 0 Å². The van der Waals surface area contributed by atoms with Crippen LogP contribution in [0, 0.1) is 0 Å². The molecule has 23 nitrogen and oxygen atoms in total. The number of H-pyrrole nitrogens is 1. The first-order valence-electron chi connectivity index (χ1n) is 13.3. The van der Waals surface area contributed by atoms with E-state index in [1.54, 1.807) is 0 Å². The number of hydrogen-bond acceptors (Lipinski definition) is 18. The third kappa shape index (κ3) is 6.03. The summed E-state index contributed by atoms with van der Waals surface area (Å²) in [4.78, 5) is 54.5. The number of fused-ring (bicyclic) bond motifs is 2. The average Bonchev–Trinajstić information content (AvgIpc) is 3.76. The topological polar surface area (TPSA) is 341 Å². The first-order valence-corrected chi connectivity index (χ1v) is 16.4. The van der Waals surface area contributed by atoms with Gasteiger partial charge in [0, 0.05) is 0 Å². The van der Waals surface area contributed by atoms with Gasteiger partial charge < -0.3 is 50.8 Å². The Balaban J connectivity index is 1.21. The van der Waals surface area contributed by atoms with Crippen LogP contribution < -0.4 is 17.0 Å². The van der Waals surface area contributed by atoms with Crippen LogP contribution >= 0.6 is 15.9 Å². The molecular formula is C21H28N10O13P2. The molecule has 46 heavy (non-hydrogen) atoms. The van der Waals surface area contributed by atoms with Crippen molar-refractivity contribution in [3.8, 4) is 0 Å². The Morgan fingerprint density at radius 3 is 2.37 bits per heavy atom. The molecule has 6 rings (SSSR count). The highest BCUT2D eigenvalue weighted by Crippen LogP contribution is 2.50. The number of nitrogens with zero attached hydrogens (tertiary/aromatic N) is 7. The molecular weight excluding hydrogens is 662 g/mol. The van der Waals surface area contributed by atoms with Gasteiger partial charge in [-0.05, 0) is 0 Å². The molecule has 25 heteroatoms. The summed E-state index contributed by atoms with van der Waals surface area (Å²) in [5, 5.41) is 31.5. The third-order valence-electron chi connectivity index (χ3n) is 7.25. The summed E-state index contributed by atoms with van der Waals surface area (Å²) < 4.78 is 54.4. The molecule has 0 aromatic carbocycles. The summed E-state index contributed by atoms with van der Waals surface area (Å²) in [5.41, 5.74) is 10.9. The molecule has 2 aliphatic rings. The van der Waals surface area contributed by atoms with E-state index in [9.17, 15) is 39.0 Å². The molecule has 6 heterocycles. The van der Waals surface area contributed by atoms with E-state index in [0.29, 0.717) is 0 Å². The fourth-order valence-corrected chi connectivity index (χ4v) is 6.44. The van der Waals surface area contributed by atoms with Gasteiger partial charge in [0.2, 0.25) is 14.0 Å². The number of anilines is 2. The highest BCUT2D eigenvalue weighted by Gasteiger charge is 2.51. The van der Waals surface area contributed by atoms with Gasteiger partial charge in [0.25, 0.3) is 5.56 Å². The minimum atomic E-state index is -5.11. The van der Waals surface area contributed by atoms with Gasteiger partial charge in [0.15, 0.2) is 35.1 Å². The lowest BCUT2D eigenvalue weighted by Gasteiger charge is -2.25. The smallest absolute Gasteiger partial charge is 0.394 e. The molecule has 10 atom stereocenters. The normalized spacial score (nSPS) is 30.3. The van der Waals surface area contributed by atoms with Crippen LogP contribution in [-0.2, 0) is 32.4 Å². The Morgan fingerprint density at radius 1 is 1.00 bits per heavy atom. The number of rotatable bonds is 11. The van der Waals surface area contributed by atoms with Crippen LogP contribution in [0.5, 0.6) is 0 Å². The van der Waals surface area contributed by atoms with Crippen LogP contribution in [0.1, 0.15) is 12.5 Å². The lowest BCUT2D eigenvalue weighted by molar-refractivity contribution is -0.0664. The quantitative estimate of drug-likeness (QED) is 0.0724. The molecule has 0 amide bonds. The predicted octanol–water partition coefficient (Wildman–Crippen LogP) is -3.06. The van der Waals surface area contributed by atoms with Crippen molar-refractivity contribution in [3.05, 3.63) is 29.3 Å². The van der Waals surface area contributed by atoms with E-state index in [1.807, 2.05) is 0 Å². The van der Waals surface area contributed by atoms with Gasteiger partial charge in [-0.15, -0.1) is 0 Å². The van der Waals surface area contributed by atoms with Crippen molar-refractivity contribution in [2.75, 3.05) is 31.0 Å². The molecule has 2 aliphatic heterocycles. The molecule has 0 radical (unpaired) electrons. The Morgan fingerprint density at radius 2 is 1.65 bits per heavy atom. The van der Waals surface area contributed by atoms with Crippen LogP contribution in [0.4, 0.5) is 11.8 Å². The number of ether oxygens (including phenoxy) is 3. The summed E-state index contributed by atoms with van der Waals surface area (Å²) in [6.07, 6.45) is -8.76. The summed E-state index contributed by atoms with van der Waals surface area (Å²) in [7, 11) is -8.28. The van der Waals surface area contributed by atoms with Crippen molar-refractivity contribution in [1.29, 1.82) is 0 Å². The summed E-state index contributed by atoms with van der Waals surface area (Å²) in [6.45, 7) is -1.49.